The number of nitrogens with zero attached hydrogens (tertiary/aromatic N) is 1. The van der Waals surface area contributed by atoms with E-state index in [9.17, 15) is 10.2 Å². The maximum Gasteiger partial charge on any atom is 0.200 e. The molecule has 3 heterocycles. The topological polar surface area (TPSA) is 62.2 Å². The summed E-state index contributed by atoms with van der Waals surface area (Å²) >= 11 is 0. The van der Waals surface area contributed by atoms with Gasteiger partial charge in [-0.1, -0.05) is 0 Å². The fourth-order valence-corrected chi connectivity index (χ4v) is 3.68. The van der Waals surface area contributed by atoms with Gasteiger partial charge in [0.1, 0.15) is 0 Å². The van der Waals surface area contributed by atoms with Crippen LogP contribution in [0.5, 0.6) is 17.2 Å². The number of phenols is 1. The van der Waals surface area contributed by atoms with Gasteiger partial charge in [-0.3, -0.25) is 4.90 Å². The molecule has 0 spiro atoms. The SMILES string of the molecule is COc1cc(CC2C(O)C3CCN2CC3)cc(OC)c1O. The largest absolute Gasteiger partial charge is 0.502 e. The molecule has 2 atom stereocenters. The lowest BCUT2D eigenvalue weighted by molar-refractivity contribution is -0.0715. The molecule has 4 rings (SSSR count). The summed E-state index contributed by atoms with van der Waals surface area (Å²) in [6.07, 6.45) is 2.67. The molecule has 1 aromatic rings. The van der Waals surface area contributed by atoms with Crippen LogP contribution in [0.1, 0.15) is 18.4 Å². The van der Waals surface area contributed by atoms with Crippen LogP contribution in [0.15, 0.2) is 12.1 Å². The van der Waals surface area contributed by atoms with Gasteiger partial charge in [-0.25, -0.2) is 0 Å². The summed E-state index contributed by atoms with van der Waals surface area (Å²) in [4.78, 5) is 2.37. The Morgan fingerprint density at radius 3 is 2.19 bits per heavy atom. The predicted octanol–water partition coefficient (Wildman–Crippen LogP) is 1.41. The third-order valence-electron chi connectivity index (χ3n) is 4.90. The highest BCUT2D eigenvalue weighted by Gasteiger charge is 2.41. The van der Waals surface area contributed by atoms with Gasteiger partial charge in [0.25, 0.3) is 0 Å². The Balaban J connectivity index is 1.84. The zero-order valence-electron chi connectivity index (χ0n) is 12.6. The average Bonchev–Trinajstić information content (AvgIpc) is 2.52. The Hall–Kier alpha value is -1.46. The van der Waals surface area contributed by atoms with Crippen LogP contribution in [-0.4, -0.2) is 54.6 Å². The maximum absolute atomic E-state index is 10.5. The molecule has 21 heavy (non-hydrogen) atoms. The van der Waals surface area contributed by atoms with E-state index in [1.807, 2.05) is 12.1 Å². The fourth-order valence-electron chi connectivity index (χ4n) is 3.68. The van der Waals surface area contributed by atoms with Crippen molar-refractivity contribution in [1.82, 2.24) is 4.90 Å². The van der Waals surface area contributed by atoms with Crippen LogP contribution in [0.3, 0.4) is 0 Å². The molecule has 116 valence electrons. The number of aliphatic hydroxyl groups is 1. The predicted molar refractivity (Wildman–Crippen MR) is 79.0 cm³/mol. The van der Waals surface area contributed by atoms with E-state index in [1.54, 1.807) is 0 Å². The number of benzene rings is 1. The standard InChI is InChI=1S/C16H23NO4/c1-20-13-8-10(9-14(21-2)16(13)19)7-12-15(18)11-3-5-17(12)6-4-11/h8-9,11-12,15,18-19H,3-7H2,1-2H3. The lowest BCUT2D eigenvalue weighted by Crippen LogP contribution is -2.58. The van der Waals surface area contributed by atoms with E-state index in [0.717, 1.165) is 37.9 Å². The second-order valence-electron chi connectivity index (χ2n) is 5.98. The Labute approximate surface area is 125 Å². The second-order valence-corrected chi connectivity index (χ2v) is 5.98. The molecule has 3 aliphatic rings. The van der Waals surface area contributed by atoms with Crippen LogP contribution in [-0.2, 0) is 6.42 Å². The average molecular weight is 293 g/mol. The van der Waals surface area contributed by atoms with Gasteiger partial charge in [0, 0.05) is 6.04 Å². The van der Waals surface area contributed by atoms with Gasteiger partial charge in [-0.15, -0.1) is 0 Å². The van der Waals surface area contributed by atoms with E-state index in [1.165, 1.54) is 14.2 Å². The summed E-state index contributed by atoms with van der Waals surface area (Å²) in [5.41, 5.74) is 1.01. The number of phenolic OH excluding ortho intramolecular Hbond substituents is 1. The number of hydrogen-bond acceptors (Lipinski definition) is 5. The molecular formula is C16H23NO4. The summed E-state index contributed by atoms with van der Waals surface area (Å²) in [5.74, 6) is 1.28. The van der Waals surface area contributed by atoms with Crippen LogP contribution in [0.4, 0.5) is 0 Å². The third-order valence-corrected chi connectivity index (χ3v) is 4.90. The lowest BCUT2D eigenvalue weighted by Gasteiger charge is -2.49. The summed E-state index contributed by atoms with van der Waals surface area (Å²) in [6.45, 7) is 2.14. The molecule has 0 aromatic heterocycles. The van der Waals surface area contributed by atoms with E-state index in [2.05, 4.69) is 4.90 Å². The number of aromatic hydroxyl groups is 1. The number of methoxy groups -OCH3 is 2. The third kappa shape index (κ3) is 2.56. The van der Waals surface area contributed by atoms with Crippen LogP contribution in [0.2, 0.25) is 0 Å². The Bertz CT molecular complexity index is 484. The van der Waals surface area contributed by atoms with Crippen molar-refractivity contribution in [3.8, 4) is 17.2 Å². The van der Waals surface area contributed by atoms with E-state index < -0.39 is 0 Å². The molecule has 3 saturated heterocycles. The zero-order chi connectivity index (χ0) is 15.0. The molecule has 5 heteroatoms. The first kappa shape index (κ1) is 14.5. The van der Waals surface area contributed by atoms with Crippen molar-refractivity contribution in [3.05, 3.63) is 17.7 Å². The molecular weight excluding hydrogens is 270 g/mol. The van der Waals surface area contributed by atoms with Crippen molar-refractivity contribution < 1.29 is 19.7 Å². The molecule has 5 nitrogen and oxygen atoms in total. The molecule has 3 aliphatic heterocycles. The van der Waals surface area contributed by atoms with Crippen molar-refractivity contribution in [3.63, 3.8) is 0 Å². The first-order valence-electron chi connectivity index (χ1n) is 7.50. The Morgan fingerprint density at radius 2 is 1.71 bits per heavy atom. The number of piperidine rings is 3. The van der Waals surface area contributed by atoms with E-state index in [0.29, 0.717) is 17.4 Å². The van der Waals surface area contributed by atoms with E-state index in [-0.39, 0.29) is 17.9 Å². The number of ether oxygens (including phenoxy) is 2. The second kappa shape index (κ2) is 5.73. The lowest BCUT2D eigenvalue weighted by atomic mass is 9.78. The van der Waals surface area contributed by atoms with Crippen molar-refractivity contribution >= 4 is 0 Å². The monoisotopic (exact) mass is 293 g/mol. The molecule has 2 unspecified atom stereocenters. The van der Waals surface area contributed by atoms with Gasteiger partial charge in [0.2, 0.25) is 5.75 Å². The molecule has 0 saturated carbocycles. The molecule has 0 aliphatic carbocycles. The van der Waals surface area contributed by atoms with Gasteiger partial charge >= 0.3 is 0 Å². The highest BCUT2D eigenvalue weighted by atomic mass is 16.5. The van der Waals surface area contributed by atoms with E-state index in [4.69, 9.17) is 9.47 Å². The zero-order valence-corrected chi connectivity index (χ0v) is 12.6. The first-order valence-corrected chi connectivity index (χ1v) is 7.50. The minimum atomic E-state index is -0.265. The highest BCUT2D eigenvalue weighted by Crippen LogP contribution is 2.39. The van der Waals surface area contributed by atoms with Gasteiger partial charge in [0.05, 0.1) is 20.3 Å². The number of aliphatic hydroxyl groups excluding tert-OH is 1. The van der Waals surface area contributed by atoms with Crippen molar-refractivity contribution in [1.29, 1.82) is 0 Å². The van der Waals surface area contributed by atoms with Crippen molar-refractivity contribution in [2.24, 2.45) is 5.92 Å². The minimum absolute atomic E-state index is 0.0229. The summed E-state index contributed by atoms with van der Waals surface area (Å²) in [6, 6.07) is 3.80. The summed E-state index contributed by atoms with van der Waals surface area (Å²) in [7, 11) is 3.05. The molecule has 1 aromatic carbocycles. The molecule has 3 fully saturated rings. The number of rotatable bonds is 4. The van der Waals surface area contributed by atoms with Gasteiger partial charge in [0.15, 0.2) is 11.5 Å². The molecule has 0 radical (unpaired) electrons. The van der Waals surface area contributed by atoms with Crippen LogP contribution >= 0.6 is 0 Å². The van der Waals surface area contributed by atoms with Crippen molar-refractivity contribution in [2.45, 2.75) is 31.4 Å². The molecule has 2 N–H and O–H groups in total. The Morgan fingerprint density at radius 1 is 1.14 bits per heavy atom. The summed E-state index contributed by atoms with van der Waals surface area (Å²) in [5, 5.41) is 20.4. The van der Waals surface area contributed by atoms with Gasteiger partial charge in [-0.2, -0.15) is 0 Å². The maximum atomic E-state index is 10.5. The normalized spacial score (nSPS) is 31.2. The highest BCUT2D eigenvalue weighted by molar-refractivity contribution is 5.52. The fraction of sp³-hybridized carbons (Fsp3) is 0.625. The smallest absolute Gasteiger partial charge is 0.200 e. The first-order chi connectivity index (χ1) is 10.1. The Kier molecular flexibility index (Phi) is 3.95. The van der Waals surface area contributed by atoms with Gasteiger partial charge < -0.3 is 19.7 Å². The van der Waals surface area contributed by atoms with Crippen LogP contribution in [0.25, 0.3) is 0 Å². The molecule has 2 bridgehead atoms. The number of hydrogen-bond donors (Lipinski definition) is 2. The molecule has 0 amide bonds. The quantitative estimate of drug-likeness (QED) is 0.879. The van der Waals surface area contributed by atoms with Crippen molar-refractivity contribution in [2.75, 3.05) is 27.3 Å². The summed E-state index contributed by atoms with van der Waals surface area (Å²) < 4.78 is 10.4. The van der Waals surface area contributed by atoms with Crippen LogP contribution < -0.4 is 9.47 Å². The van der Waals surface area contributed by atoms with Crippen LogP contribution in [0, 0.1) is 5.92 Å². The van der Waals surface area contributed by atoms with Gasteiger partial charge in [-0.05, 0) is 56.0 Å². The number of fused-ring (bicyclic) bond motifs is 3. The van der Waals surface area contributed by atoms with E-state index >= 15 is 0 Å². The minimum Gasteiger partial charge on any atom is -0.502 e.